The zero-order valence-corrected chi connectivity index (χ0v) is 14.0. The van der Waals surface area contributed by atoms with Crippen LogP contribution in [0.25, 0.3) is 0 Å². The Balaban J connectivity index is 2.10. The molecule has 3 nitrogen and oxygen atoms in total. The third kappa shape index (κ3) is 2.52. The molecule has 2 saturated heterocycles. The molecule has 0 aromatic carbocycles. The van der Waals surface area contributed by atoms with Gasteiger partial charge < -0.3 is 9.33 Å². The van der Waals surface area contributed by atoms with Gasteiger partial charge in [-0.05, 0) is 31.0 Å². The highest BCUT2D eigenvalue weighted by Gasteiger charge is 2.51. The zero-order valence-electron chi connectivity index (χ0n) is 13.0. The summed E-state index contributed by atoms with van der Waals surface area (Å²) in [7, 11) is -1.75. The van der Waals surface area contributed by atoms with Crippen LogP contribution >= 0.6 is 0 Å². The molecule has 0 radical (unpaired) electrons. The Kier molecular flexibility index (Phi) is 3.46. The summed E-state index contributed by atoms with van der Waals surface area (Å²) in [4.78, 5) is 14.0. The second-order valence-electron chi connectivity index (χ2n) is 7.68. The maximum Gasteiger partial charge on any atom is 0.223 e. The first-order valence-electron chi connectivity index (χ1n) is 7.19. The van der Waals surface area contributed by atoms with E-state index < -0.39 is 8.32 Å². The van der Waals surface area contributed by atoms with Gasteiger partial charge in [-0.1, -0.05) is 32.9 Å². The lowest BCUT2D eigenvalue weighted by Crippen LogP contribution is -2.50. The van der Waals surface area contributed by atoms with Crippen LogP contribution in [0.15, 0.2) is 12.2 Å². The number of fused-ring (bicyclic) bond motifs is 1. The molecule has 0 spiro atoms. The standard InChI is InChI=1S/C15H27NO2Si/c1-12-9-15(8-7-13(17)16(15)10-12)11-18-19(5,6)14(2,3)4/h1,7-11H2,2-6H3. The van der Waals surface area contributed by atoms with Crippen LogP contribution in [0.2, 0.25) is 18.1 Å². The smallest absolute Gasteiger partial charge is 0.223 e. The van der Waals surface area contributed by atoms with Gasteiger partial charge in [0.1, 0.15) is 0 Å². The van der Waals surface area contributed by atoms with E-state index in [1.807, 2.05) is 4.90 Å². The number of carbonyl (C=O) groups is 1. The Labute approximate surface area is 118 Å². The Morgan fingerprint density at radius 2 is 2.05 bits per heavy atom. The molecule has 4 heteroatoms. The summed E-state index contributed by atoms with van der Waals surface area (Å²) in [6, 6.07) is 0. The summed E-state index contributed by atoms with van der Waals surface area (Å²) in [6.07, 6.45) is 2.53. The van der Waals surface area contributed by atoms with Crippen molar-refractivity contribution in [2.24, 2.45) is 0 Å². The van der Waals surface area contributed by atoms with Gasteiger partial charge in [-0.25, -0.2) is 0 Å². The molecule has 19 heavy (non-hydrogen) atoms. The van der Waals surface area contributed by atoms with Crippen LogP contribution in [0.4, 0.5) is 0 Å². The van der Waals surface area contributed by atoms with Crippen LogP contribution in [0.1, 0.15) is 40.0 Å². The fourth-order valence-electron chi connectivity index (χ4n) is 2.79. The van der Waals surface area contributed by atoms with Crippen LogP contribution in [0.5, 0.6) is 0 Å². The van der Waals surface area contributed by atoms with Crippen molar-refractivity contribution in [3.05, 3.63) is 12.2 Å². The van der Waals surface area contributed by atoms with Crippen LogP contribution in [0.3, 0.4) is 0 Å². The van der Waals surface area contributed by atoms with Crippen LogP contribution in [0, 0.1) is 0 Å². The molecule has 0 bridgehead atoms. The molecule has 0 saturated carbocycles. The highest BCUT2D eigenvalue weighted by Crippen LogP contribution is 2.44. The predicted molar refractivity (Wildman–Crippen MR) is 80.6 cm³/mol. The first-order chi connectivity index (χ1) is 8.57. The van der Waals surface area contributed by atoms with Gasteiger partial charge in [0.15, 0.2) is 8.32 Å². The lowest BCUT2D eigenvalue weighted by molar-refractivity contribution is -0.130. The normalized spacial score (nSPS) is 28.2. The number of rotatable bonds is 3. The molecule has 0 aliphatic carbocycles. The second-order valence-corrected chi connectivity index (χ2v) is 12.5. The summed E-state index contributed by atoms with van der Waals surface area (Å²) in [5.41, 5.74) is 1.09. The molecule has 1 unspecified atom stereocenters. The average Bonchev–Trinajstić information content (AvgIpc) is 2.73. The largest absolute Gasteiger partial charge is 0.414 e. The van der Waals surface area contributed by atoms with Crippen molar-refractivity contribution in [2.45, 2.75) is 63.7 Å². The molecule has 0 aromatic heterocycles. The van der Waals surface area contributed by atoms with Crippen molar-refractivity contribution >= 4 is 14.2 Å². The highest BCUT2D eigenvalue weighted by atomic mass is 28.4. The minimum atomic E-state index is -1.75. The van der Waals surface area contributed by atoms with Crippen molar-refractivity contribution in [1.29, 1.82) is 0 Å². The average molecular weight is 281 g/mol. The van der Waals surface area contributed by atoms with E-state index in [9.17, 15) is 4.79 Å². The van der Waals surface area contributed by atoms with Crippen molar-refractivity contribution < 1.29 is 9.22 Å². The van der Waals surface area contributed by atoms with Crippen LogP contribution < -0.4 is 0 Å². The molecular weight excluding hydrogens is 254 g/mol. The molecule has 1 amide bonds. The fraction of sp³-hybridized carbons (Fsp3) is 0.800. The van der Waals surface area contributed by atoms with Crippen molar-refractivity contribution in [2.75, 3.05) is 13.2 Å². The Hall–Kier alpha value is -0.613. The number of carbonyl (C=O) groups excluding carboxylic acids is 1. The first-order valence-corrected chi connectivity index (χ1v) is 10.1. The maximum absolute atomic E-state index is 12.0. The lowest BCUT2D eigenvalue weighted by Gasteiger charge is -2.40. The number of nitrogens with zero attached hydrogens (tertiary/aromatic N) is 1. The Bertz CT molecular complexity index is 411. The van der Waals surface area contributed by atoms with E-state index in [4.69, 9.17) is 4.43 Å². The third-order valence-corrected chi connectivity index (χ3v) is 9.62. The molecule has 0 N–H and O–H groups in total. The molecule has 108 valence electrons. The van der Waals surface area contributed by atoms with E-state index in [0.29, 0.717) is 13.0 Å². The number of amides is 1. The van der Waals surface area contributed by atoms with E-state index in [-0.39, 0.29) is 16.5 Å². The van der Waals surface area contributed by atoms with Gasteiger partial charge in [0, 0.05) is 13.0 Å². The fourth-order valence-corrected chi connectivity index (χ4v) is 3.85. The first kappa shape index (κ1) is 14.8. The quantitative estimate of drug-likeness (QED) is 0.586. The molecule has 2 heterocycles. The van der Waals surface area contributed by atoms with Crippen LogP contribution in [-0.4, -0.2) is 37.8 Å². The minimum Gasteiger partial charge on any atom is -0.414 e. The molecule has 2 fully saturated rings. The van der Waals surface area contributed by atoms with Gasteiger partial charge in [-0.15, -0.1) is 0 Å². The summed E-state index contributed by atoms with van der Waals surface area (Å²) in [6.45, 7) is 16.8. The van der Waals surface area contributed by atoms with Gasteiger partial charge in [0.25, 0.3) is 0 Å². The van der Waals surface area contributed by atoms with E-state index in [0.717, 1.165) is 19.4 Å². The van der Waals surface area contributed by atoms with Crippen molar-refractivity contribution in [3.8, 4) is 0 Å². The molecule has 2 aliphatic rings. The van der Waals surface area contributed by atoms with E-state index in [1.54, 1.807) is 0 Å². The van der Waals surface area contributed by atoms with Crippen molar-refractivity contribution in [1.82, 2.24) is 4.90 Å². The third-order valence-electron chi connectivity index (χ3n) is 5.15. The summed E-state index contributed by atoms with van der Waals surface area (Å²) < 4.78 is 6.38. The van der Waals surface area contributed by atoms with Crippen molar-refractivity contribution in [3.63, 3.8) is 0 Å². The Morgan fingerprint density at radius 1 is 1.42 bits per heavy atom. The van der Waals surface area contributed by atoms with Gasteiger partial charge in [-0.3, -0.25) is 4.79 Å². The topological polar surface area (TPSA) is 29.5 Å². The van der Waals surface area contributed by atoms with E-state index in [1.165, 1.54) is 5.57 Å². The summed E-state index contributed by atoms with van der Waals surface area (Å²) in [5.74, 6) is 0.275. The highest BCUT2D eigenvalue weighted by molar-refractivity contribution is 6.74. The SMILES string of the molecule is C=C1CN2C(=O)CCC2(CO[Si](C)(C)C(C)(C)C)C1. The maximum atomic E-state index is 12.0. The van der Waals surface area contributed by atoms with Gasteiger partial charge in [-0.2, -0.15) is 0 Å². The minimum absolute atomic E-state index is 0.0797. The lowest BCUT2D eigenvalue weighted by atomic mass is 9.94. The molecule has 2 rings (SSSR count). The predicted octanol–water partition coefficient (Wildman–Crippen LogP) is 3.33. The number of hydrogen-bond acceptors (Lipinski definition) is 2. The second kappa shape index (κ2) is 4.45. The molecular formula is C15H27NO2Si. The number of hydrogen-bond donors (Lipinski definition) is 0. The zero-order chi connectivity index (χ0) is 14.5. The van der Waals surface area contributed by atoms with E-state index >= 15 is 0 Å². The van der Waals surface area contributed by atoms with Crippen LogP contribution in [-0.2, 0) is 9.22 Å². The Morgan fingerprint density at radius 3 is 2.63 bits per heavy atom. The molecule has 1 atom stereocenters. The van der Waals surface area contributed by atoms with Gasteiger partial charge >= 0.3 is 0 Å². The van der Waals surface area contributed by atoms with Gasteiger partial charge in [0.05, 0.1) is 12.1 Å². The summed E-state index contributed by atoms with van der Waals surface area (Å²) in [5, 5.41) is 0.215. The molecule has 2 aliphatic heterocycles. The summed E-state index contributed by atoms with van der Waals surface area (Å²) >= 11 is 0. The molecule has 0 aromatic rings. The van der Waals surface area contributed by atoms with E-state index in [2.05, 4.69) is 40.4 Å². The van der Waals surface area contributed by atoms with Gasteiger partial charge in [0.2, 0.25) is 5.91 Å². The monoisotopic (exact) mass is 281 g/mol.